The van der Waals surface area contributed by atoms with E-state index in [9.17, 15) is 14.4 Å². The number of aromatic nitrogens is 1. The van der Waals surface area contributed by atoms with E-state index in [-0.39, 0.29) is 17.9 Å². The Balaban J connectivity index is 1.68. The SMILES string of the molecule is CC(C)N1C(=O)c2ccc(NC(=O)NCc3ccncc3)cc2C1=O. The first-order chi connectivity index (χ1) is 12.0. The predicted octanol–water partition coefficient (Wildman–Crippen LogP) is 2.41. The van der Waals surface area contributed by atoms with Crippen molar-refractivity contribution in [1.29, 1.82) is 0 Å². The summed E-state index contributed by atoms with van der Waals surface area (Å²) in [6.07, 6.45) is 3.30. The first kappa shape index (κ1) is 16.6. The Bertz CT molecular complexity index is 833. The van der Waals surface area contributed by atoms with E-state index < -0.39 is 6.03 Å². The summed E-state index contributed by atoms with van der Waals surface area (Å²) in [5, 5.41) is 5.40. The van der Waals surface area contributed by atoms with Crippen molar-refractivity contribution < 1.29 is 14.4 Å². The molecule has 0 spiro atoms. The fourth-order valence-corrected chi connectivity index (χ4v) is 2.66. The summed E-state index contributed by atoms with van der Waals surface area (Å²) in [5.74, 6) is -0.639. The van der Waals surface area contributed by atoms with E-state index in [1.807, 2.05) is 0 Å². The van der Waals surface area contributed by atoms with E-state index in [1.165, 1.54) is 11.0 Å². The Labute approximate surface area is 145 Å². The molecule has 7 nitrogen and oxygen atoms in total. The zero-order chi connectivity index (χ0) is 18.0. The summed E-state index contributed by atoms with van der Waals surface area (Å²) in [5.41, 5.74) is 2.05. The maximum Gasteiger partial charge on any atom is 0.319 e. The zero-order valence-corrected chi connectivity index (χ0v) is 13.9. The molecule has 0 radical (unpaired) electrons. The van der Waals surface area contributed by atoms with Gasteiger partial charge in [0.15, 0.2) is 0 Å². The smallest absolute Gasteiger partial charge is 0.319 e. The third-order valence-electron chi connectivity index (χ3n) is 3.89. The van der Waals surface area contributed by atoms with Gasteiger partial charge in [0.05, 0.1) is 11.1 Å². The minimum atomic E-state index is -0.394. The van der Waals surface area contributed by atoms with Crippen molar-refractivity contribution in [1.82, 2.24) is 15.2 Å². The van der Waals surface area contributed by atoms with E-state index in [0.717, 1.165) is 5.56 Å². The van der Waals surface area contributed by atoms with Crippen LogP contribution in [-0.2, 0) is 6.54 Å². The van der Waals surface area contributed by atoms with Gasteiger partial charge in [0.2, 0.25) is 0 Å². The number of nitrogens with one attached hydrogen (secondary N) is 2. The number of hydrogen-bond acceptors (Lipinski definition) is 4. The number of imide groups is 1. The number of carbonyl (C=O) groups is 3. The molecular weight excluding hydrogens is 320 g/mol. The Morgan fingerprint density at radius 1 is 1.08 bits per heavy atom. The van der Waals surface area contributed by atoms with Gasteiger partial charge < -0.3 is 10.6 Å². The first-order valence-corrected chi connectivity index (χ1v) is 7.93. The van der Waals surface area contributed by atoms with Crippen molar-refractivity contribution in [2.45, 2.75) is 26.4 Å². The van der Waals surface area contributed by atoms with E-state index in [1.54, 1.807) is 50.5 Å². The van der Waals surface area contributed by atoms with Crippen LogP contribution < -0.4 is 10.6 Å². The van der Waals surface area contributed by atoms with Crippen molar-refractivity contribution in [3.05, 3.63) is 59.4 Å². The molecule has 1 aromatic carbocycles. The number of hydrogen-bond donors (Lipinski definition) is 2. The average Bonchev–Trinajstić information content (AvgIpc) is 2.84. The molecule has 0 bridgehead atoms. The number of benzene rings is 1. The number of amides is 4. The Kier molecular flexibility index (Phi) is 4.47. The number of nitrogens with zero attached hydrogens (tertiary/aromatic N) is 2. The van der Waals surface area contributed by atoms with E-state index >= 15 is 0 Å². The second-order valence-electron chi connectivity index (χ2n) is 6.00. The number of carbonyl (C=O) groups excluding carboxylic acids is 3. The van der Waals surface area contributed by atoms with Crippen LogP contribution in [0.15, 0.2) is 42.7 Å². The monoisotopic (exact) mass is 338 g/mol. The van der Waals surface area contributed by atoms with Crippen LogP contribution in [0.4, 0.5) is 10.5 Å². The molecule has 0 saturated carbocycles. The molecule has 25 heavy (non-hydrogen) atoms. The first-order valence-electron chi connectivity index (χ1n) is 7.93. The largest absolute Gasteiger partial charge is 0.334 e. The van der Waals surface area contributed by atoms with Gasteiger partial charge in [0.1, 0.15) is 0 Å². The highest BCUT2D eigenvalue weighted by atomic mass is 16.2. The highest BCUT2D eigenvalue weighted by molar-refractivity contribution is 6.22. The molecule has 7 heteroatoms. The lowest BCUT2D eigenvalue weighted by Gasteiger charge is -2.17. The number of pyridine rings is 1. The summed E-state index contributed by atoms with van der Waals surface area (Å²) in [7, 11) is 0. The average molecular weight is 338 g/mol. The topological polar surface area (TPSA) is 91.4 Å². The Morgan fingerprint density at radius 2 is 1.76 bits per heavy atom. The van der Waals surface area contributed by atoms with Crippen molar-refractivity contribution in [2.75, 3.05) is 5.32 Å². The molecule has 0 atom stereocenters. The van der Waals surface area contributed by atoms with Gasteiger partial charge in [-0.05, 0) is 49.7 Å². The molecular formula is C18H18N4O3. The van der Waals surface area contributed by atoms with Crippen molar-refractivity contribution in [3.63, 3.8) is 0 Å². The van der Waals surface area contributed by atoms with Crippen LogP contribution in [0.3, 0.4) is 0 Å². The van der Waals surface area contributed by atoms with E-state index in [2.05, 4.69) is 15.6 Å². The molecule has 0 fully saturated rings. The third kappa shape index (κ3) is 3.35. The van der Waals surface area contributed by atoms with Crippen molar-refractivity contribution >= 4 is 23.5 Å². The molecule has 4 amide bonds. The summed E-state index contributed by atoms with van der Waals surface area (Å²) in [6, 6.07) is 7.71. The van der Waals surface area contributed by atoms with Gasteiger partial charge in [-0.1, -0.05) is 0 Å². The predicted molar refractivity (Wildman–Crippen MR) is 92.2 cm³/mol. The molecule has 3 rings (SSSR count). The second kappa shape index (κ2) is 6.72. The lowest BCUT2D eigenvalue weighted by atomic mass is 10.1. The van der Waals surface area contributed by atoms with Gasteiger partial charge in [0, 0.05) is 30.7 Å². The zero-order valence-electron chi connectivity index (χ0n) is 13.9. The molecule has 0 unspecified atom stereocenters. The molecule has 2 heterocycles. The lowest BCUT2D eigenvalue weighted by molar-refractivity contribution is 0.0609. The maximum atomic E-state index is 12.4. The normalized spacial score (nSPS) is 13.2. The van der Waals surface area contributed by atoms with Crippen molar-refractivity contribution in [3.8, 4) is 0 Å². The quantitative estimate of drug-likeness (QED) is 0.838. The number of fused-ring (bicyclic) bond motifs is 1. The standard InChI is InChI=1S/C18H18N4O3/c1-11(2)22-16(23)14-4-3-13(9-15(14)17(22)24)21-18(25)20-10-12-5-7-19-8-6-12/h3-9,11H,10H2,1-2H3,(H2,20,21,25). The molecule has 1 aromatic heterocycles. The maximum absolute atomic E-state index is 12.4. The molecule has 1 aliphatic rings. The number of anilines is 1. The summed E-state index contributed by atoms with van der Waals surface area (Å²) in [4.78, 5) is 41.7. The van der Waals surface area contributed by atoms with E-state index in [4.69, 9.17) is 0 Å². The fourth-order valence-electron chi connectivity index (χ4n) is 2.66. The van der Waals surface area contributed by atoms with Crippen LogP contribution in [0.25, 0.3) is 0 Å². The van der Waals surface area contributed by atoms with Gasteiger partial charge in [-0.2, -0.15) is 0 Å². The summed E-state index contributed by atoms with van der Waals surface area (Å²) < 4.78 is 0. The number of urea groups is 1. The van der Waals surface area contributed by atoms with Gasteiger partial charge in [-0.25, -0.2) is 4.79 Å². The van der Waals surface area contributed by atoms with E-state index in [0.29, 0.717) is 23.4 Å². The molecule has 0 saturated heterocycles. The van der Waals surface area contributed by atoms with Crippen LogP contribution in [-0.4, -0.2) is 33.8 Å². The Hall–Kier alpha value is -3.22. The van der Waals surface area contributed by atoms with Crippen LogP contribution in [0.2, 0.25) is 0 Å². The van der Waals surface area contributed by atoms with Crippen LogP contribution in [0.5, 0.6) is 0 Å². The molecule has 0 aliphatic carbocycles. The minimum Gasteiger partial charge on any atom is -0.334 e. The Morgan fingerprint density at radius 3 is 2.44 bits per heavy atom. The third-order valence-corrected chi connectivity index (χ3v) is 3.89. The van der Waals surface area contributed by atoms with Crippen LogP contribution in [0, 0.1) is 0 Å². The summed E-state index contributed by atoms with van der Waals surface area (Å²) >= 11 is 0. The van der Waals surface area contributed by atoms with Crippen LogP contribution >= 0.6 is 0 Å². The fraction of sp³-hybridized carbons (Fsp3) is 0.222. The minimum absolute atomic E-state index is 0.215. The van der Waals surface area contributed by atoms with Crippen LogP contribution in [0.1, 0.15) is 40.1 Å². The second-order valence-corrected chi connectivity index (χ2v) is 6.00. The number of rotatable bonds is 4. The molecule has 1 aliphatic heterocycles. The molecule has 2 aromatic rings. The lowest BCUT2D eigenvalue weighted by Crippen LogP contribution is -2.35. The molecule has 2 N–H and O–H groups in total. The van der Waals surface area contributed by atoms with Crippen molar-refractivity contribution in [2.24, 2.45) is 0 Å². The van der Waals surface area contributed by atoms with Gasteiger partial charge in [-0.15, -0.1) is 0 Å². The van der Waals surface area contributed by atoms with Gasteiger partial charge in [0.25, 0.3) is 11.8 Å². The highest BCUT2D eigenvalue weighted by Gasteiger charge is 2.37. The molecule has 128 valence electrons. The summed E-state index contributed by atoms with van der Waals surface area (Å²) in [6.45, 7) is 3.93. The van der Waals surface area contributed by atoms with Gasteiger partial charge >= 0.3 is 6.03 Å². The van der Waals surface area contributed by atoms with Gasteiger partial charge in [-0.3, -0.25) is 19.5 Å². The highest BCUT2D eigenvalue weighted by Crippen LogP contribution is 2.27.